The molecule has 182 valence electrons. The van der Waals surface area contributed by atoms with Gasteiger partial charge in [-0.1, -0.05) is 42.5 Å². The predicted molar refractivity (Wildman–Crippen MR) is 137 cm³/mol. The highest BCUT2D eigenvalue weighted by atomic mass is 32.2. The van der Waals surface area contributed by atoms with Crippen molar-refractivity contribution in [2.45, 2.75) is 16.6 Å². The lowest BCUT2D eigenvalue weighted by Gasteiger charge is -2.17. The molecule has 3 N–H and O–H groups in total. The summed E-state index contributed by atoms with van der Waals surface area (Å²) in [5, 5.41) is 13.9. The number of amides is 1. The minimum Gasteiger partial charge on any atom is -0.481 e. The third kappa shape index (κ3) is 5.94. The molecule has 1 amide bonds. The second-order valence-corrected chi connectivity index (χ2v) is 10.1. The van der Waals surface area contributed by atoms with Gasteiger partial charge in [-0.15, -0.1) is 0 Å². The van der Waals surface area contributed by atoms with Gasteiger partial charge < -0.3 is 15.7 Å². The number of carbonyl (C=O) groups excluding carboxylic acids is 1. The number of carbonyl (C=O) groups is 2. The van der Waals surface area contributed by atoms with Gasteiger partial charge in [0.1, 0.15) is 11.1 Å². The zero-order valence-corrected chi connectivity index (χ0v) is 19.9. The van der Waals surface area contributed by atoms with Gasteiger partial charge in [-0.05, 0) is 60.2 Å². The lowest BCUT2D eigenvalue weighted by molar-refractivity contribution is -0.137. The fraction of sp³-hybridized carbons (Fsp3) is 0.0741. The maximum atomic E-state index is 13.2. The first-order valence-electron chi connectivity index (χ1n) is 11.0. The number of carboxylic acid groups (broad SMARTS) is 1. The molecule has 0 aliphatic heterocycles. The third-order valence-electron chi connectivity index (χ3n) is 5.41. The molecule has 1 atom stereocenters. The zero-order chi connectivity index (χ0) is 25.5. The summed E-state index contributed by atoms with van der Waals surface area (Å²) >= 11 is 0. The molecule has 9 heteroatoms. The smallest absolute Gasteiger partial charge is 0.305 e. The summed E-state index contributed by atoms with van der Waals surface area (Å²) in [6, 6.07) is 26.3. The summed E-state index contributed by atoms with van der Waals surface area (Å²) in [7, 11) is -3.99. The van der Waals surface area contributed by atoms with Crippen LogP contribution in [0.2, 0.25) is 0 Å². The molecule has 0 spiro atoms. The molecule has 3 aromatic carbocycles. The Balaban J connectivity index is 1.50. The molecule has 0 saturated heterocycles. The summed E-state index contributed by atoms with van der Waals surface area (Å²) in [4.78, 5) is 28.3. The molecule has 0 aliphatic rings. The van der Waals surface area contributed by atoms with Crippen molar-refractivity contribution in [2.24, 2.45) is 0 Å². The highest BCUT2D eigenvalue weighted by molar-refractivity contribution is 7.91. The highest BCUT2D eigenvalue weighted by Crippen LogP contribution is 2.32. The van der Waals surface area contributed by atoms with Crippen LogP contribution in [0.4, 0.5) is 17.2 Å². The molecule has 0 fully saturated rings. The van der Waals surface area contributed by atoms with Crippen LogP contribution in [-0.4, -0.2) is 30.4 Å². The number of rotatable bonds is 9. The Morgan fingerprint density at radius 1 is 0.833 bits per heavy atom. The van der Waals surface area contributed by atoms with Crippen LogP contribution in [0.3, 0.4) is 0 Å². The van der Waals surface area contributed by atoms with Gasteiger partial charge >= 0.3 is 5.97 Å². The predicted octanol–water partition coefficient (Wildman–Crippen LogP) is 5.07. The normalized spacial score (nSPS) is 11.9. The van der Waals surface area contributed by atoms with Gasteiger partial charge in [0.15, 0.2) is 9.84 Å². The average Bonchev–Trinajstić information content (AvgIpc) is 2.89. The van der Waals surface area contributed by atoms with E-state index in [1.807, 2.05) is 12.1 Å². The lowest BCUT2D eigenvalue weighted by atomic mass is 10.1. The van der Waals surface area contributed by atoms with Crippen LogP contribution < -0.4 is 10.6 Å². The SMILES string of the molecule is O=C(O)CC(c1ccccc1)S(=O)(=O)c1ccc(NC(=O)c2cccc(Nc3ccccn3)c2)cc1. The first-order chi connectivity index (χ1) is 17.3. The van der Waals surface area contributed by atoms with Crippen LogP contribution in [0, 0.1) is 0 Å². The van der Waals surface area contributed by atoms with E-state index in [0.29, 0.717) is 28.3 Å². The van der Waals surface area contributed by atoms with Crippen LogP contribution in [-0.2, 0) is 14.6 Å². The molecule has 1 unspecified atom stereocenters. The number of pyridine rings is 1. The molecule has 1 heterocycles. The van der Waals surface area contributed by atoms with Crippen molar-refractivity contribution < 1.29 is 23.1 Å². The number of carboxylic acids is 1. The van der Waals surface area contributed by atoms with Gasteiger partial charge in [0.25, 0.3) is 5.91 Å². The maximum Gasteiger partial charge on any atom is 0.305 e. The highest BCUT2D eigenvalue weighted by Gasteiger charge is 2.31. The van der Waals surface area contributed by atoms with Crippen molar-refractivity contribution in [3.63, 3.8) is 0 Å². The Hall–Kier alpha value is -4.50. The number of hydrogen-bond donors (Lipinski definition) is 3. The second-order valence-electron chi connectivity index (χ2n) is 7.94. The standard InChI is InChI=1S/C27H23N3O5S/c31-26(32)18-24(19-7-2-1-3-8-19)36(34,35)23-14-12-21(13-15-23)30-27(33)20-9-6-10-22(17-20)29-25-11-4-5-16-28-25/h1-17,24H,18H2,(H,28,29)(H,30,33)(H,31,32). The van der Waals surface area contributed by atoms with E-state index in [1.165, 1.54) is 24.3 Å². The van der Waals surface area contributed by atoms with Crippen molar-refractivity contribution in [1.29, 1.82) is 0 Å². The van der Waals surface area contributed by atoms with E-state index >= 15 is 0 Å². The maximum absolute atomic E-state index is 13.2. The van der Waals surface area contributed by atoms with Crippen LogP contribution in [0.5, 0.6) is 0 Å². The number of anilines is 3. The van der Waals surface area contributed by atoms with Crippen LogP contribution in [0.25, 0.3) is 0 Å². The lowest BCUT2D eigenvalue weighted by Crippen LogP contribution is -2.18. The van der Waals surface area contributed by atoms with Gasteiger partial charge in [-0.25, -0.2) is 13.4 Å². The molecule has 36 heavy (non-hydrogen) atoms. The minimum absolute atomic E-state index is 0.0304. The fourth-order valence-corrected chi connectivity index (χ4v) is 5.37. The van der Waals surface area contributed by atoms with Gasteiger partial charge in [-0.3, -0.25) is 9.59 Å². The van der Waals surface area contributed by atoms with Gasteiger partial charge in [0, 0.05) is 23.1 Å². The summed E-state index contributed by atoms with van der Waals surface area (Å²) in [5.41, 5.74) is 1.89. The molecule has 0 radical (unpaired) electrons. The topological polar surface area (TPSA) is 125 Å². The largest absolute Gasteiger partial charge is 0.481 e. The van der Waals surface area contributed by atoms with Crippen LogP contribution in [0.15, 0.2) is 108 Å². The van der Waals surface area contributed by atoms with Crippen molar-refractivity contribution in [3.8, 4) is 0 Å². The van der Waals surface area contributed by atoms with Gasteiger partial charge in [0.2, 0.25) is 0 Å². The molecular formula is C27H23N3O5S. The fourth-order valence-electron chi connectivity index (χ4n) is 3.65. The van der Waals surface area contributed by atoms with Crippen LogP contribution in [0.1, 0.15) is 27.6 Å². The molecule has 1 aromatic heterocycles. The van der Waals surface area contributed by atoms with Crippen molar-refractivity contribution in [3.05, 3.63) is 114 Å². The van der Waals surface area contributed by atoms with Crippen molar-refractivity contribution in [2.75, 3.05) is 10.6 Å². The first kappa shape index (κ1) is 24.6. The Morgan fingerprint density at radius 3 is 2.22 bits per heavy atom. The zero-order valence-electron chi connectivity index (χ0n) is 19.0. The molecule has 4 aromatic rings. The van der Waals surface area contributed by atoms with E-state index in [2.05, 4.69) is 15.6 Å². The number of nitrogens with one attached hydrogen (secondary N) is 2. The number of hydrogen-bond acceptors (Lipinski definition) is 6. The number of sulfone groups is 1. The Labute approximate surface area is 208 Å². The van der Waals surface area contributed by atoms with Crippen LogP contribution >= 0.6 is 0 Å². The minimum atomic E-state index is -3.99. The summed E-state index contributed by atoms with van der Waals surface area (Å²) in [6.45, 7) is 0. The third-order valence-corrected chi connectivity index (χ3v) is 7.53. The first-order valence-corrected chi connectivity index (χ1v) is 12.6. The molecular weight excluding hydrogens is 478 g/mol. The Bertz CT molecular complexity index is 1460. The molecule has 0 bridgehead atoms. The number of aromatic nitrogens is 1. The molecule has 0 saturated carbocycles. The second kappa shape index (κ2) is 10.8. The summed E-state index contributed by atoms with van der Waals surface area (Å²) < 4.78 is 26.5. The van der Waals surface area contributed by atoms with Gasteiger partial charge in [0.05, 0.1) is 11.3 Å². The quantitative estimate of drug-likeness (QED) is 0.292. The summed E-state index contributed by atoms with van der Waals surface area (Å²) in [6.07, 6.45) is 1.10. The van der Waals surface area contributed by atoms with Crippen molar-refractivity contribution in [1.82, 2.24) is 4.98 Å². The van der Waals surface area contributed by atoms with Crippen molar-refractivity contribution >= 4 is 38.9 Å². The number of nitrogens with zero attached hydrogens (tertiary/aromatic N) is 1. The Kier molecular flexibility index (Phi) is 7.41. The average molecular weight is 502 g/mol. The van der Waals surface area contributed by atoms with E-state index in [1.54, 1.807) is 66.9 Å². The molecule has 0 aliphatic carbocycles. The van der Waals surface area contributed by atoms with Gasteiger partial charge in [-0.2, -0.15) is 0 Å². The number of aliphatic carboxylic acids is 1. The number of benzene rings is 3. The molecule has 4 rings (SSSR count). The van der Waals surface area contributed by atoms with E-state index in [9.17, 15) is 23.1 Å². The summed E-state index contributed by atoms with van der Waals surface area (Å²) in [5.74, 6) is -0.942. The van der Waals surface area contributed by atoms with E-state index in [0.717, 1.165) is 0 Å². The van der Waals surface area contributed by atoms with E-state index < -0.39 is 27.5 Å². The van der Waals surface area contributed by atoms with E-state index in [-0.39, 0.29) is 10.8 Å². The van der Waals surface area contributed by atoms with E-state index in [4.69, 9.17) is 0 Å². The monoisotopic (exact) mass is 501 g/mol. The Morgan fingerprint density at radius 2 is 1.56 bits per heavy atom. The molecule has 8 nitrogen and oxygen atoms in total.